The second kappa shape index (κ2) is 15.7. The Morgan fingerprint density at radius 2 is 0.894 bits per heavy atom. The second-order valence-corrected chi connectivity index (χ2v) is 17.0. The van der Waals surface area contributed by atoms with E-state index in [1.165, 1.54) is 33.4 Å². The Labute approximate surface area is 385 Å². The Balaban J connectivity index is 0.984. The number of hydrogen-bond acceptors (Lipinski definition) is 2. The van der Waals surface area contributed by atoms with Gasteiger partial charge in [0.05, 0.1) is 23.6 Å². The van der Waals surface area contributed by atoms with Gasteiger partial charge in [0.2, 0.25) is 0 Å². The summed E-state index contributed by atoms with van der Waals surface area (Å²) in [4.78, 5) is 6.22. The molecule has 2 aliphatic rings. The molecule has 66 heavy (non-hydrogen) atoms. The molecule has 1 atom stereocenters. The highest BCUT2D eigenvalue weighted by molar-refractivity contribution is 6.00. The quantitative estimate of drug-likeness (QED) is 0.150. The van der Waals surface area contributed by atoms with Crippen LogP contribution < -0.4 is 4.90 Å². The lowest BCUT2D eigenvalue weighted by molar-refractivity contribution is 0.794. The van der Waals surface area contributed by atoms with Crippen LogP contribution in [0.4, 0.5) is 22.7 Å². The summed E-state index contributed by atoms with van der Waals surface area (Å²) in [5, 5.41) is 10.2. The lowest BCUT2D eigenvalue weighted by Gasteiger charge is -2.31. The standard InChI is InChI=1S/C63H39N3/c1-65-50-30-34-56-55-33-27-42(41-64)35-60(55)63(61(56)40-50)58-25-12-11-23-57(58)62-54(24-14-26-59(62)63)45-28-31-52(32-29-45)66(51-20-9-4-10-21-51)53-22-13-19-46(39-53)49-37-47(43-15-5-2-6-16-43)36-48(38-49)44-17-7-3-8-18-44/h2-40H. The summed E-state index contributed by atoms with van der Waals surface area (Å²) in [6.45, 7) is 7.99. The molecule has 10 aromatic carbocycles. The third kappa shape index (κ3) is 6.11. The molecule has 0 bridgehead atoms. The van der Waals surface area contributed by atoms with Crippen LogP contribution in [-0.4, -0.2) is 0 Å². The van der Waals surface area contributed by atoms with Gasteiger partial charge >= 0.3 is 0 Å². The van der Waals surface area contributed by atoms with E-state index < -0.39 is 5.41 Å². The monoisotopic (exact) mass is 837 g/mol. The fourth-order valence-electron chi connectivity index (χ4n) is 10.6. The van der Waals surface area contributed by atoms with Crippen molar-refractivity contribution >= 4 is 22.7 Å². The summed E-state index contributed by atoms with van der Waals surface area (Å²) in [5.41, 5.74) is 22.0. The molecule has 1 unspecified atom stereocenters. The largest absolute Gasteiger partial charge is 0.310 e. The highest BCUT2D eigenvalue weighted by Gasteiger charge is 2.52. The molecule has 0 heterocycles. The van der Waals surface area contributed by atoms with E-state index in [1.54, 1.807) is 0 Å². The van der Waals surface area contributed by atoms with Gasteiger partial charge in [-0.15, -0.1) is 0 Å². The highest BCUT2D eigenvalue weighted by atomic mass is 15.1. The Bertz CT molecular complexity index is 3480. The molecule has 2 aliphatic carbocycles. The Morgan fingerprint density at radius 1 is 0.364 bits per heavy atom. The predicted octanol–water partition coefficient (Wildman–Crippen LogP) is 16.6. The molecule has 0 fully saturated rings. The summed E-state index contributed by atoms with van der Waals surface area (Å²) >= 11 is 0. The predicted molar refractivity (Wildman–Crippen MR) is 270 cm³/mol. The molecule has 0 radical (unpaired) electrons. The lowest BCUT2D eigenvalue weighted by atomic mass is 9.70. The third-order valence-corrected chi connectivity index (χ3v) is 13.5. The van der Waals surface area contributed by atoms with E-state index in [9.17, 15) is 5.26 Å². The zero-order valence-corrected chi connectivity index (χ0v) is 35.9. The fraction of sp³-hybridized carbons (Fsp3) is 0.0159. The van der Waals surface area contributed by atoms with Crippen LogP contribution in [0, 0.1) is 17.9 Å². The van der Waals surface area contributed by atoms with E-state index >= 15 is 0 Å². The number of nitriles is 1. The van der Waals surface area contributed by atoms with Gasteiger partial charge in [0.15, 0.2) is 5.69 Å². The molecular formula is C63H39N3. The van der Waals surface area contributed by atoms with Crippen molar-refractivity contribution in [2.75, 3.05) is 4.90 Å². The Kier molecular flexibility index (Phi) is 9.16. The zero-order valence-electron chi connectivity index (χ0n) is 35.9. The van der Waals surface area contributed by atoms with E-state index in [0.717, 1.165) is 72.7 Å². The van der Waals surface area contributed by atoms with Gasteiger partial charge in [0, 0.05) is 17.1 Å². The number of benzene rings is 10. The van der Waals surface area contributed by atoms with Gasteiger partial charge in [-0.05, 0) is 156 Å². The van der Waals surface area contributed by atoms with E-state index in [1.807, 2.05) is 12.1 Å². The first kappa shape index (κ1) is 38.6. The highest BCUT2D eigenvalue weighted by Crippen LogP contribution is 2.64. The van der Waals surface area contributed by atoms with Crippen molar-refractivity contribution in [3.63, 3.8) is 0 Å². The Hall–Kier alpha value is -9.02. The normalized spacial score (nSPS) is 13.8. The van der Waals surface area contributed by atoms with Crippen LogP contribution in [-0.2, 0) is 5.41 Å². The minimum Gasteiger partial charge on any atom is -0.310 e. The number of hydrogen-bond donors (Lipinski definition) is 0. The average Bonchev–Trinajstić information content (AvgIpc) is 3.86. The first-order chi connectivity index (χ1) is 32.6. The molecule has 3 nitrogen and oxygen atoms in total. The van der Waals surface area contributed by atoms with Crippen LogP contribution in [0.5, 0.6) is 0 Å². The number of fused-ring (bicyclic) bond motifs is 10. The summed E-state index contributed by atoms with van der Waals surface area (Å²) in [7, 11) is 0. The molecule has 0 saturated heterocycles. The van der Waals surface area contributed by atoms with Crippen LogP contribution in [0.1, 0.15) is 27.8 Å². The van der Waals surface area contributed by atoms with Crippen LogP contribution in [0.15, 0.2) is 237 Å². The molecule has 3 heteroatoms. The molecule has 10 aromatic rings. The SMILES string of the molecule is [C-]#[N+]c1ccc2c(c1)C1(c3cc(C#N)ccc3-2)c2ccccc2-c2c(-c3ccc(N(c4ccccc4)c4cccc(-c5cc(-c6ccccc6)cc(-c6ccccc6)c5)c4)cc3)cccc21. The van der Waals surface area contributed by atoms with E-state index in [-0.39, 0.29) is 0 Å². The van der Waals surface area contributed by atoms with Crippen molar-refractivity contribution in [1.82, 2.24) is 0 Å². The molecule has 0 saturated carbocycles. The molecule has 306 valence electrons. The maximum Gasteiger partial charge on any atom is 0.187 e. The summed E-state index contributed by atoms with van der Waals surface area (Å²) in [6.07, 6.45) is 0. The molecule has 0 aromatic heterocycles. The number of rotatable bonds is 7. The van der Waals surface area contributed by atoms with E-state index in [0.29, 0.717) is 11.3 Å². The molecule has 0 aliphatic heterocycles. The summed E-state index contributed by atoms with van der Waals surface area (Å²) < 4.78 is 0. The summed E-state index contributed by atoms with van der Waals surface area (Å²) in [5.74, 6) is 0. The van der Waals surface area contributed by atoms with E-state index in [2.05, 4.69) is 240 Å². The van der Waals surface area contributed by atoms with Crippen LogP contribution >= 0.6 is 0 Å². The van der Waals surface area contributed by atoms with Crippen molar-refractivity contribution in [3.05, 3.63) is 276 Å². The molecular weight excluding hydrogens is 799 g/mol. The minimum atomic E-state index is -0.683. The van der Waals surface area contributed by atoms with Crippen LogP contribution in [0.3, 0.4) is 0 Å². The average molecular weight is 838 g/mol. The maximum absolute atomic E-state index is 10.2. The number of para-hydroxylation sites is 1. The molecule has 0 N–H and O–H groups in total. The molecule has 0 amide bonds. The van der Waals surface area contributed by atoms with Crippen LogP contribution in [0.25, 0.3) is 71.6 Å². The smallest absolute Gasteiger partial charge is 0.187 e. The van der Waals surface area contributed by atoms with Crippen LogP contribution in [0.2, 0.25) is 0 Å². The zero-order chi connectivity index (χ0) is 44.2. The van der Waals surface area contributed by atoms with Gasteiger partial charge in [-0.1, -0.05) is 170 Å². The Morgan fingerprint density at radius 3 is 1.58 bits per heavy atom. The lowest BCUT2D eigenvalue weighted by Crippen LogP contribution is -2.26. The van der Waals surface area contributed by atoms with Crippen molar-refractivity contribution in [1.29, 1.82) is 5.26 Å². The fourth-order valence-corrected chi connectivity index (χ4v) is 10.6. The van der Waals surface area contributed by atoms with Crippen molar-refractivity contribution in [3.8, 4) is 72.8 Å². The first-order valence-electron chi connectivity index (χ1n) is 22.2. The van der Waals surface area contributed by atoms with Gasteiger partial charge in [0.1, 0.15) is 0 Å². The molecule has 12 rings (SSSR count). The third-order valence-electron chi connectivity index (χ3n) is 13.5. The van der Waals surface area contributed by atoms with Gasteiger partial charge < -0.3 is 4.90 Å². The van der Waals surface area contributed by atoms with Gasteiger partial charge in [-0.3, -0.25) is 0 Å². The number of anilines is 3. The first-order valence-corrected chi connectivity index (χ1v) is 22.2. The topological polar surface area (TPSA) is 31.4 Å². The maximum atomic E-state index is 10.2. The molecule has 1 spiro atoms. The van der Waals surface area contributed by atoms with Crippen molar-refractivity contribution in [2.45, 2.75) is 5.41 Å². The summed E-state index contributed by atoms with van der Waals surface area (Å²) in [6, 6.07) is 86.4. The van der Waals surface area contributed by atoms with Gasteiger partial charge in [0.25, 0.3) is 0 Å². The van der Waals surface area contributed by atoms with Crippen molar-refractivity contribution in [2.24, 2.45) is 0 Å². The minimum absolute atomic E-state index is 0.602. The van der Waals surface area contributed by atoms with Gasteiger partial charge in [-0.2, -0.15) is 5.26 Å². The van der Waals surface area contributed by atoms with E-state index in [4.69, 9.17) is 6.57 Å². The van der Waals surface area contributed by atoms with Gasteiger partial charge in [-0.25, -0.2) is 4.85 Å². The number of nitrogens with zero attached hydrogens (tertiary/aromatic N) is 3. The second-order valence-electron chi connectivity index (χ2n) is 17.0. The van der Waals surface area contributed by atoms with Crippen molar-refractivity contribution < 1.29 is 0 Å².